The quantitative estimate of drug-likeness (QED) is 0.922. The molecule has 1 N–H and O–H groups in total. The molecule has 0 aliphatic carbocycles. The van der Waals surface area contributed by atoms with E-state index in [-0.39, 0.29) is 11.9 Å². The van der Waals surface area contributed by atoms with Gasteiger partial charge in [-0.1, -0.05) is 12.1 Å². The Kier molecular flexibility index (Phi) is 3.10. The van der Waals surface area contributed by atoms with Gasteiger partial charge in [-0.25, -0.2) is 4.68 Å². The minimum Gasteiger partial charge on any atom is -0.371 e. The molecule has 1 saturated heterocycles. The number of carbonyl (C=O) groups is 1. The number of hydrogen-bond donors (Lipinski definition) is 1. The van der Waals surface area contributed by atoms with Crippen LogP contribution in [-0.4, -0.2) is 33.8 Å². The van der Waals surface area contributed by atoms with Crippen LogP contribution in [0.2, 0.25) is 0 Å². The highest BCUT2D eigenvalue weighted by atomic mass is 16.2. The maximum Gasteiger partial charge on any atom is 0.229 e. The number of amides is 1. The zero-order valence-electron chi connectivity index (χ0n) is 12.6. The topological polar surface area (TPSA) is 63.1 Å². The molecule has 2 aliphatic heterocycles. The fourth-order valence-electron chi connectivity index (χ4n) is 3.46. The molecule has 0 saturated carbocycles. The van der Waals surface area contributed by atoms with Crippen LogP contribution in [0.3, 0.4) is 0 Å². The van der Waals surface area contributed by atoms with Crippen LogP contribution in [0.15, 0.2) is 24.5 Å². The smallest absolute Gasteiger partial charge is 0.229 e. The Balaban J connectivity index is 1.69. The lowest BCUT2D eigenvalue weighted by atomic mass is 9.99. The summed E-state index contributed by atoms with van der Waals surface area (Å²) >= 11 is 0. The average molecular weight is 297 g/mol. The molecule has 1 aromatic carbocycles. The van der Waals surface area contributed by atoms with Gasteiger partial charge in [0, 0.05) is 18.8 Å². The molecule has 2 aliphatic rings. The molecule has 0 spiro atoms. The van der Waals surface area contributed by atoms with E-state index < -0.39 is 0 Å². The second-order valence-corrected chi connectivity index (χ2v) is 6.04. The summed E-state index contributed by atoms with van der Waals surface area (Å²) in [6, 6.07) is 6.41. The van der Waals surface area contributed by atoms with E-state index >= 15 is 0 Å². The minimum absolute atomic E-state index is 0.00762. The molecule has 0 bridgehead atoms. The van der Waals surface area contributed by atoms with Gasteiger partial charge in [-0.15, -0.1) is 0 Å². The van der Waals surface area contributed by atoms with Gasteiger partial charge in [0.1, 0.15) is 6.33 Å². The van der Waals surface area contributed by atoms with Crippen LogP contribution in [0.1, 0.15) is 36.4 Å². The van der Waals surface area contributed by atoms with Crippen molar-refractivity contribution in [1.82, 2.24) is 14.8 Å². The molecule has 22 heavy (non-hydrogen) atoms. The van der Waals surface area contributed by atoms with Gasteiger partial charge in [0.2, 0.25) is 11.9 Å². The van der Waals surface area contributed by atoms with Crippen LogP contribution in [0.25, 0.3) is 0 Å². The van der Waals surface area contributed by atoms with Gasteiger partial charge in [-0.2, -0.15) is 10.1 Å². The average Bonchev–Trinajstić information content (AvgIpc) is 3.17. The van der Waals surface area contributed by atoms with E-state index in [1.165, 1.54) is 30.4 Å². The summed E-state index contributed by atoms with van der Waals surface area (Å²) in [5.74, 6) is 0.522. The molecule has 2 aromatic rings. The third kappa shape index (κ3) is 2.15. The van der Waals surface area contributed by atoms with Gasteiger partial charge < -0.3 is 4.90 Å². The van der Waals surface area contributed by atoms with Crippen molar-refractivity contribution in [2.75, 3.05) is 23.3 Å². The Morgan fingerprint density at radius 3 is 2.86 bits per heavy atom. The summed E-state index contributed by atoms with van der Waals surface area (Å²) < 4.78 is 1.80. The zero-order valence-corrected chi connectivity index (χ0v) is 12.6. The summed E-state index contributed by atoms with van der Waals surface area (Å²) in [4.78, 5) is 18.4. The Bertz CT molecular complexity index is 717. The number of rotatable bonds is 2. The number of benzene rings is 1. The molecule has 1 atom stereocenters. The first-order chi connectivity index (χ1) is 10.7. The summed E-state index contributed by atoms with van der Waals surface area (Å²) in [5, 5.41) is 7.01. The summed E-state index contributed by atoms with van der Waals surface area (Å²) in [7, 11) is 0. The van der Waals surface area contributed by atoms with Gasteiger partial charge in [0.25, 0.3) is 0 Å². The van der Waals surface area contributed by atoms with Gasteiger partial charge in [-0.05, 0) is 37.0 Å². The van der Waals surface area contributed by atoms with Crippen LogP contribution in [0.4, 0.5) is 11.6 Å². The van der Waals surface area contributed by atoms with Gasteiger partial charge in [0.15, 0.2) is 0 Å². The van der Waals surface area contributed by atoms with E-state index in [0.29, 0.717) is 12.4 Å². The molecule has 1 amide bonds. The fourth-order valence-corrected chi connectivity index (χ4v) is 3.46. The summed E-state index contributed by atoms with van der Waals surface area (Å²) in [6.07, 6.45) is 4.43. The number of nitrogens with zero attached hydrogens (tertiary/aromatic N) is 4. The maximum absolute atomic E-state index is 11.9. The highest BCUT2D eigenvalue weighted by Gasteiger charge is 2.28. The van der Waals surface area contributed by atoms with E-state index in [1.54, 1.807) is 4.68 Å². The van der Waals surface area contributed by atoms with Crippen molar-refractivity contribution in [3.8, 4) is 0 Å². The Morgan fingerprint density at radius 1 is 1.27 bits per heavy atom. The molecule has 114 valence electrons. The van der Waals surface area contributed by atoms with E-state index in [4.69, 9.17) is 0 Å². The van der Waals surface area contributed by atoms with E-state index in [0.717, 1.165) is 18.7 Å². The molecule has 6 heteroatoms. The SMILES string of the molecule is Cc1cc(C2CC(=O)Nc3ncnn32)ccc1N1CCCC1. The first-order valence-electron chi connectivity index (χ1n) is 7.77. The number of nitrogens with one attached hydrogen (secondary N) is 1. The second kappa shape index (κ2) is 5.12. The molecule has 1 fully saturated rings. The fraction of sp³-hybridized carbons (Fsp3) is 0.438. The van der Waals surface area contributed by atoms with Gasteiger partial charge in [-0.3, -0.25) is 10.1 Å². The van der Waals surface area contributed by atoms with Crippen molar-refractivity contribution in [3.05, 3.63) is 35.7 Å². The molecular weight excluding hydrogens is 278 g/mol. The van der Waals surface area contributed by atoms with Crippen molar-refractivity contribution in [2.24, 2.45) is 0 Å². The van der Waals surface area contributed by atoms with E-state index in [2.05, 4.69) is 45.4 Å². The second-order valence-electron chi connectivity index (χ2n) is 6.04. The number of aromatic nitrogens is 3. The van der Waals surface area contributed by atoms with Crippen molar-refractivity contribution >= 4 is 17.5 Å². The van der Waals surface area contributed by atoms with Crippen LogP contribution >= 0.6 is 0 Å². The predicted molar refractivity (Wildman–Crippen MR) is 84.0 cm³/mol. The van der Waals surface area contributed by atoms with E-state index in [1.807, 2.05) is 0 Å². The van der Waals surface area contributed by atoms with Crippen molar-refractivity contribution in [3.63, 3.8) is 0 Å². The lowest BCUT2D eigenvalue weighted by molar-refractivity contribution is -0.117. The molecule has 1 unspecified atom stereocenters. The molecular formula is C16H19N5O. The number of aryl methyl sites for hydroxylation is 1. The number of anilines is 2. The number of fused-ring (bicyclic) bond motifs is 1. The molecule has 4 rings (SSSR count). The lowest BCUT2D eigenvalue weighted by Gasteiger charge is -2.26. The third-order valence-electron chi connectivity index (χ3n) is 4.55. The normalized spacial score (nSPS) is 20.9. The number of carbonyl (C=O) groups excluding carboxylic acids is 1. The number of hydrogen-bond acceptors (Lipinski definition) is 4. The predicted octanol–water partition coefficient (Wildman–Crippen LogP) is 2.12. The summed E-state index contributed by atoms with van der Waals surface area (Å²) in [5.41, 5.74) is 3.68. The van der Waals surface area contributed by atoms with Crippen molar-refractivity contribution in [1.29, 1.82) is 0 Å². The molecule has 1 aromatic heterocycles. The van der Waals surface area contributed by atoms with Crippen molar-refractivity contribution < 1.29 is 4.79 Å². The van der Waals surface area contributed by atoms with Gasteiger partial charge >= 0.3 is 0 Å². The maximum atomic E-state index is 11.9. The van der Waals surface area contributed by atoms with Crippen LogP contribution < -0.4 is 10.2 Å². The molecule has 3 heterocycles. The monoisotopic (exact) mass is 297 g/mol. The Morgan fingerprint density at radius 2 is 2.09 bits per heavy atom. The third-order valence-corrected chi connectivity index (χ3v) is 4.55. The van der Waals surface area contributed by atoms with Crippen LogP contribution in [0, 0.1) is 6.92 Å². The lowest BCUT2D eigenvalue weighted by Crippen LogP contribution is -2.29. The van der Waals surface area contributed by atoms with Crippen LogP contribution in [0.5, 0.6) is 0 Å². The van der Waals surface area contributed by atoms with E-state index in [9.17, 15) is 4.79 Å². The molecule has 0 radical (unpaired) electrons. The highest BCUT2D eigenvalue weighted by molar-refractivity contribution is 5.91. The Labute approximate surface area is 129 Å². The zero-order chi connectivity index (χ0) is 15.1. The van der Waals surface area contributed by atoms with Gasteiger partial charge in [0.05, 0.1) is 12.5 Å². The standard InChI is InChI=1S/C16H19N5O/c1-11-8-12(4-5-13(11)20-6-2-3-7-20)14-9-15(22)19-16-17-10-18-21(14)16/h4-5,8,10,14H,2-3,6-7,9H2,1H3,(H,17,18,19,22). The molecule has 6 nitrogen and oxygen atoms in total. The minimum atomic E-state index is -0.0717. The van der Waals surface area contributed by atoms with Crippen molar-refractivity contribution in [2.45, 2.75) is 32.2 Å². The largest absolute Gasteiger partial charge is 0.371 e. The Hall–Kier alpha value is -2.37. The first-order valence-corrected chi connectivity index (χ1v) is 7.77. The summed E-state index contributed by atoms with van der Waals surface area (Å²) in [6.45, 7) is 4.42. The van der Waals surface area contributed by atoms with Crippen LogP contribution in [-0.2, 0) is 4.79 Å². The first kappa shape index (κ1) is 13.3. The highest BCUT2D eigenvalue weighted by Crippen LogP contribution is 2.32.